The van der Waals surface area contributed by atoms with Crippen molar-refractivity contribution in [2.75, 3.05) is 6.54 Å². The number of likely N-dealkylation sites (tertiary alicyclic amines) is 1. The Balaban J connectivity index is 1.70. The second kappa shape index (κ2) is 6.40. The van der Waals surface area contributed by atoms with Crippen molar-refractivity contribution >= 4 is 11.0 Å². The van der Waals surface area contributed by atoms with Crippen molar-refractivity contribution < 1.29 is 5.11 Å². The van der Waals surface area contributed by atoms with E-state index in [1.807, 2.05) is 12.3 Å². The first-order valence-electron chi connectivity index (χ1n) is 9.83. The van der Waals surface area contributed by atoms with E-state index in [4.69, 9.17) is 0 Å². The monoisotopic (exact) mass is 341 g/mol. The Hall–Kier alpha value is -1.39. The fourth-order valence-electron chi connectivity index (χ4n) is 5.00. The van der Waals surface area contributed by atoms with Gasteiger partial charge in [-0.15, -0.1) is 0 Å². The maximum atomic E-state index is 10.5. The fraction of sp³-hybridized carbons (Fsp3) is 0.667. The second-order valence-electron chi connectivity index (χ2n) is 8.97. The van der Waals surface area contributed by atoms with Crippen molar-refractivity contribution in [3.8, 4) is 0 Å². The summed E-state index contributed by atoms with van der Waals surface area (Å²) >= 11 is 0. The van der Waals surface area contributed by atoms with Crippen molar-refractivity contribution in [3.63, 3.8) is 0 Å². The number of aliphatic hydroxyl groups is 1. The van der Waals surface area contributed by atoms with Gasteiger partial charge >= 0.3 is 0 Å². The number of hydrogen-bond acceptors (Lipinski definition) is 3. The summed E-state index contributed by atoms with van der Waals surface area (Å²) in [5, 5.41) is 11.7. The number of aliphatic hydroxyl groups excluding tert-OH is 1. The minimum atomic E-state index is -0.103. The van der Waals surface area contributed by atoms with Gasteiger partial charge in [0.05, 0.1) is 6.10 Å². The molecule has 4 rings (SSSR count). The third-order valence-electron chi connectivity index (χ3n) is 6.25. The molecular formula is C21H31N3O. The highest BCUT2D eigenvalue weighted by atomic mass is 16.3. The van der Waals surface area contributed by atoms with Crippen molar-refractivity contribution in [2.24, 2.45) is 5.92 Å². The minimum Gasteiger partial charge on any atom is -0.393 e. The normalized spacial score (nSPS) is 28.2. The zero-order chi connectivity index (χ0) is 17.6. The van der Waals surface area contributed by atoms with Crippen molar-refractivity contribution in [1.82, 2.24) is 14.9 Å². The number of fused-ring (bicyclic) bond motifs is 2. The molecule has 2 aromatic heterocycles. The third kappa shape index (κ3) is 3.11. The summed E-state index contributed by atoms with van der Waals surface area (Å²) in [6.45, 7) is 8.77. The number of H-pyrrole nitrogens is 1. The summed E-state index contributed by atoms with van der Waals surface area (Å²) < 4.78 is 0. The molecule has 1 aliphatic carbocycles. The van der Waals surface area contributed by atoms with Gasteiger partial charge in [0.15, 0.2) is 0 Å². The van der Waals surface area contributed by atoms with Crippen LogP contribution in [0.2, 0.25) is 0 Å². The largest absolute Gasteiger partial charge is 0.393 e. The SMILES string of the molecule is CC(C)(C)c1[nH]c2ncccc2c1CN1CCC(O)C2CCCCC21. The first-order valence-corrected chi connectivity index (χ1v) is 9.83. The highest BCUT2D eigenvalue weighted by molar-refractivity contribution is 5.81. The molecule has 25 heavy (non-hydrogen) atoms. The lowest BCUT2D eigenvalue weighted by molar-refractivity contribution is -0.0393. The maximum Gasteiger partial charge on any atom is 0.137 e. The number of piperidine rings is 1. The average molecular weight is 341 g/mol. The summed E-state index contributed by atoms with van der Waals surface area (Å²) in [5.74, 6) is 0.462. The summed E-state index contributed by atoms with van der Waals surface area (Å²) in [6, 6.07) is 4.77. The Morgan fingerprint density at radius 3 is 2.84 bits per heavy atom. The van der Waals surface area contributed by atoms with Gasteiger partial charge in [0.25, 0.3) is 0 Å². The summed E-state index contributed by atoms with van der Waals surface area (Å²) in [5.41, 5.74) is 3.77. The van der Waals surface area contributed by atoms with Gasteiger partial charge in [-0.05, 0) is 37.0 Å². The molecule has 4 heteroatoms. The van der Waals surface area contributed by atoms with E-state index in [1.165, 1.54) is 42.3 Å². The van der Waals surface area contributed by atoms with Gasteiger partial charge in [0, 0.05) is 47.7 Å². The van der Waals surface area contributed by atoms with Crippen molar-refractivity contribution in [2.45, 2.75) is 77.0 Å². The molecular weight excluding hydrogens is 310 g/mol. The Kier molecular flexibility index (Phi) is 4.37. The predicted molar refractivity (Wildman–Crippen MR) is 102 cm³/mol. The summed E-state index contributed by atoms with van der Waals surface area (Å²) in [4.78, 5) is 10.8. The molecule has 136 valence electrons. The zero-order valence-corrected chi connectivity index (χ0v) is 15.8. The van der Waals surface area contributed by atoms with E-state index < -0.39 is 0 Å². The van der Waals surface area contributed by atoms with Gasteiger partial charge in [-0.25, -0.2) is 4.98 Å². The van der Waals surface area contributed by atoms with E-state index >= 15 is 0 Å². The van der Waals surface area contributed by atoms with E-state index in [9.17, 15) is 5.11 Å². The van der Waals surface area contributed by atoms with Crippen LogP contribution in [0.1, 0.15) is 64.1 Å². The lowest BCUT2D eigenvalue weighted by Crippen LogP contribution is -2.52. The van der Waals surface area contributed by atoms with Crippen molar-refractivity contribution in [1.29, 1.82) is 0 Å². The van der Waals surface area contributed by atoms with Crippen LogP contribution < -0.4 is 0 Å². The van der Waals surface area contributed by atoms with Crippen molar-refractivity contribution in [3.05, 3.63) is 29.6 Å². The number of pyridine rings is 1. The summed E-state index contributed by atoms with van der Waals surface area (Å²) in [6.07, 6.45) is 7.66. The number of nitrogens with zero attached hydrogens (tertiary/aromatic N) is 2. The maximum absolute atomic E-state index is 10.5. The van der Waals surface area contributed by atoms with Gasteiger partial charge in [-0.3, -0.25) is 4.90 Å². The second-order valence-corrected chi connectivity index (χ2v) is 8.97. The number of rotatable bonds is 2. The Morgan fingerprint density at radius 1 is 1.24 bits per heavy atom. The topological polar surface area (TPSA) is 52.2 Å². The van der Waals surface area contributed by atoms with Crippen LogP contribution in [0.15, 0.2) is 18.3 Å². The van der Waals surface area contributed by atoms with E-state index in [-0.39, 0.29) is 11.5 Å². The Labute approximate surface area is 150 Å². The smallest absolute Gasteiger partial charge is 0.137 e. The lowest BCUT2D eigenvalue weighted by atomic mass is 9.76. The molecule has 1 saturated heterocycles. The van der Waals surface area contributed by atoms with E-state index in [1.54, 1.807) is 0 Å². The Bertz CT molecular complexity index is 745. The van der Waals surface area contributed by atoms with E-state index in [0.29, 0.717) is 12.0 Å². The molecule has 2 aliphatic rings. The molecule has 0 spiro atoms. The van der Waals surface area contributed by atoms with E-state index in [0.717, 1.165) is 25.2 Å². The van der Waals surface area contributed by atoms with Gasteiger partial charge < -0.3 is 10.1 Å². The lowest BCUT2D eigenvalue weighted by Gasteiger charge is -2.46. The number of aromatic amines is 1. The standard InChI is InChI=1S/C21H31N3O/c1-21(2,3)19-16(14-8-6-11-22-20(14)23-19)13-24-12-10-18(25)15-7-4-5-9-17(15)24/h6,8,11,15,17-18,25H,4-5,7,9-10,12-13H2,1-3H3,(H,22,23). The first kappa shape index (κ1) is 17.0. The molecule has 0 amide bonds. The molecule has 0 bridgehead atoms. The van der Waals surface area contributed by atoms with Crippen LogP contribution in [0.3, 0.4) is 0 Å². The molecule has 1 saturated carbocycles. The number of aromatic nitrogens is 2. The van der Waals surface area contributed by atoms with Crippen LogP contribution >= 0.6 is 0 Å². The predicted octanol–water partition coefficient (Wildman–Crippen LogP) is 3.99. The molecule has 3 unspecified atom stereocenters. The van der Waals surface area contributed by atoms with Gasteiger partial charge in [-0.2, -0.15) is 0 Å². The van der Waals surface area contributed by atoms with Gasteiger partial charge in [0.2, 0.25) is 0 Å². The highest BCUT2D eigenvalue weighted by Gasteiger charge is 2.39. The van der Waals surface area contributed by atoms with Crippen LogP contribution in [-0.2, 0) is 12.0 Å². The molecule has 3 heterocycles. The molecule has 2 N–H and O–H groups in total. The molecule has 2 fully saturated rings. The molecule has 2 aromatic rings. The third-order valence-corrected chi connectivity index (χ3v) is 6.25. The highest BCUT2D eigenvalue weighted by Crippen LogP contribution is 2.38. The average Bonchev–Trinajstić information content (AvgIpc) is 2.97. The Morgan fingerprint density at radius 2 is 2.04 bits per heavy atom. The quantitative estimate of drug-likeness (QED) is 0.868. The number of nitrogens with one attached hydrogen (secondary N) is 1. The first-order chi connectivity index (χ1) is 11.9. The van der Waals surface area contributed by atoms with Gasteiger partial charge in [-0.1, -0.05) is 33.6 Å². The summed E-state index contributed by atoms with van der Waals surface area (Å²) in [7, 11) is 0. The molecule has 0 radical (unpaired) electrons. The van der Waals surface area contributed by atoms with Gasteiger partial charge in [0.1, 0.15) is 5.65 Å². The van der Waals surface area contributed by atoms with Crippen LogP contribution in [0.25, 0.3) is 11.0 Å². The zero-order valence-electron chi connectivity index (χ0n) is 15.8. The van der Waals surface area contributed by atoms with Crippen LogP contribution in [0.5, 0.6) is 0 Å². The molecule has 0 aromatic carbocycles. The fourth-order valence-corrected chi connectivity index (χ4v) is 5.00. The van der Waals surface area contributed by atoms with Crippen LogP contribution in [0, 0.1) is 5.92 Å². The van der Waals surface area contributed by atoms with Crippen LogP contribution in [0.4, 0.5) is 0 Å². The number of hydrogen-bond donors (Lipinski definition) is 2. The van der Waals surface area contributed by atoms with Crippen LogP contribution in [-0.4, -0.2) is 38.7 Å². The molecule has 1 aliphatic heterocycles. The molecule has 3 atom stereocenters. The minimum absolute atomic E-state index is 0.0668. The molecule has 4 nitrogen and oxygen atoms in total. The van der Waals surface area contributed by atoms with E-state index in [2.05, 4.69) is 41.7 Å².